The van der Waals surface area contributed by atoms with E-state index < -0.39 is 5.97 Å². The van der Waals surface area contributed by atoms with E-state index in [0.717, 1.165) is 11.8 Å². The minimum absolute atomic E-state index is 0.0277. The normalized spacial score (nSPS) is 16.7. The second kappa shape index (κ2) is 8.41. The third kappa shape index (κ3) is 4.16. The number of esters is 1. The minimum Gasteiger partial charge on any atom is -0.507 e. The van der Waals surface area contributed by atoms with Crippen LogP contribution in [0.3, 0.4) is 0 Å². The highest BCUT2D eigenvalue weighted by Gasteiger charge is 2.33. The van der Waals surface area contributed by atoms with Crippen LogP contribution in [-0.4, -0.2) is 35.4 Å². The molecule has 1 aliphatic heterocycles. The van der Waals surface area contributed by atoms with Crippen molar-refractivity contribution >= 4 is 46.1 Å². The second-order valence-corrected chi connectivity index (χ2v) is 7.11. The molecule has 0 radical (unpaired) electrons. The molecule has 2 N–H and O–H groups in total. The Morgan fingerprint density at radius 1 is 1.18 bits per heavy atom. The Hall–Kier alpha value is -2.90. The van der Waals surface area contributed by atoms with E-state index in [4.69, 9.17) is 21.1 Å². The number of aromatic hydroxyl groups is 1. The van der Waals surface area contributed by atoms with Gasteiger partial charge in [-0.1, -0.05) is 29.4 Å². The number of aliphatic hydroxyl groups excluding tert-OH is 1. The standard InChI is InChI=1S/C20H16ClNO5S/c1-26-14-7-6-11(15(23)10-14)8-16-18(24)17(20(25)27-2)19(28-16)22-13-5-3-4-12(21)9-13/h3-10,23-24H,1-2H3/b16-8+,22-19?. The van der Waals surface area contributed by atoms with E-state index in [1.165, 1.54) is 20.3 Å². The monoisotopic (exact) mass is 417 g/mol. The van der Waals surface area contributed by atoms with Crippen molar-refractivity contribution in [3.63, 3.8) is 0 Å². The van der Waals surface area contributed by atoms with Crippen LogP contribution >= 0.6 is 23.4 Å². The number of phenols is 1. The summed E-state index contributed by atoms with van der Waals surface area (Å²) in [5.74, 6) is -0.516. The van der Waals surface area contributed by atoms with Crippen LogP contribution in [0, 0.1) is 0 Å². The third-order valence-corrected chi connectivity index (χ3v) is 5.10. The maximum Gasteiger partial charge on any atom is 0.344 e. The number of phenolic OH excluding ortho intramolecular Hbond substituents is 1. The summed E-state index contributed by atoms with van der Waals surface area (Å²) in [6, 6.07) is 11.6. The zero-order chi connectivity index (χ0) is 20.3. The van der Waals surface area contributed by atoms with Crippen LogP contribution < -0.4 is 4.74 Å². The third-order valence-electron chi connectivity index (χ3n) is 3.84. The quantitative estimate of drug-likeness (QED) is 0.691. The number of hydrogen-bond donors (Lipinski definition) is 2. The lowest BCUT2D eigenvalue weighted by atomic mass is 10.1. The molecule has 0 aliphatic carbocycles. The van der Waals surface area contributed by atoms with Crippen molar-refractivity contribution in [1.29, 1.82) is 0 Å². The Bertz CT molecular complexity index is 1030. The van der Waals surface area contributed by atoms with Gasteiger partial charge in [-0.05, 0) is 36.4 Å². The molecule has 0 unspecified atom stereocenters. The van der Waals surface area contributed by atoms with Gasteiger partial charge in [0.25, 0.3) is 0 Å². The first kappa shape index (κ1) is 19.9. The highest BCUT2D eigenvalue weighted by molar-refractivity contribution is 8.18. The molecule has 144 valence electrons. The number of rotatable bonds is 4. The summed E-state index contributed by atoms with van der Waals surface area (Å²) in [6.07, 6.45) is 1.55. The summed E-state index contributed by atoms with van der Waals surface area (Å²) in [7, 11) is 2.72. The zero-order valence-corrected chi connectivity index (χ0v) is 16.5. The Morgan fingerprint density at radius 3 is 2.61 bits per heavy atom. The van der Waals surface area contributed by atoms with Crippen molar-refractivity contribution in [2.75, 3.05) is 14.2 Å². The van der Waals surface area contributed by atoms with Crippen LogP contribution in [0.2, 0.25) is 5.02 Å². The zero-order valence-electron chi connectivity index (χ0n) is 15.0. The summed E-state index contributed by atoms with van der Waals surface area (Å²) < 4.78 is 9.84. The van der Waals surface area contributed by atoms with Crippen molar-refractivity contribution < 1.29 is 24.5 Å². The summed E-state index contributed by atoms with van der Waals surface area (Å²) in [6.45, 7) is 0. The Kier molecular flexibility index (Phi) is 5.96. The van der Waals surface area contributed by atoms with Crippen molar-refractivity contribution in [3.8, 4) is 11.5 Å². The van der Waals surface area contributed by atoms with Gasteiger partial charge in [-0.25, -0.2) is 9.79 Å². The molecule has 0 amide bonds. The van der Waals surface area contributed by atoms with E-state index >= 15 is 0 Å². The fraction of sp³-hybridized carbons (Fsp3) is 0.100. The molecule has 6 nitrogen and oxygen atoms in total. The summed E-state index contributed by atoms with van der Waals surface area (Å²) in [4.78, 5) is 17.0. The smallest absolute Gasteiger partial charge is 0.344 e. The number of nitrogens with zero attached hydrogens (tertiary/aromatic N) is 1. The number of thioether (sulfide) groups is 1. The summed E-state index contributed by atoms with van der Waals surface area (Å²) >= 11 is 7.07. The average Bonchev–Trinajstić information content (AvgIpc) is 2.97. The first-order chi connectivity index (χ1) is 13.4. The molecule has 0 fully saturated rings. The maximum atomic E-state index is 12.2. The molecule has 8 heteroatoms. The maximum absolute atomic E-state index is 12.2. The first-order valence-electron chi connectivity index (χ1n) is 8.06. The number of benzene rings is 2. The molecule has 3 rings (SSSR count). The molecule has 0 bridgehead atoms. The molecular weight excluding hydrogens is 402 g/mol. The van der Waals surface area contributed by atoms with Crippen LogP contribution in [0.15, 0.2) is 63.7 Å². The Labute approximate surface area is 170 Å². The molecule has 2 aromatic rings. The van der Waals surface area contributed by atoms with E-state index in [9.17, 15) is 15.0 Å². The largest absolute Gasteiger partial charge is 0.507 e. The number of carbonyl (C=O) groups is 1. The molecule has 0 saturated heterocycles. The second-order valence-electron chi connectivity index (χ2n) is 5.65. The van der Waals surface area contributed by atoms with Gasteiger partial charge in [0.05, 0.1) is 24.8 Å². The Morgan fingerprint density at radius 2 is 1.96 bits per heavy atom. The summed E-state index contributed by atoms with van der Waals surface area (Å²) in [5.41, 5.74) is 0.924. The van der Waals surface area contributed by atoms with Gasteiger partial charge in [0, 0.05) is 16.7 Å². The van der Waals surface area contributed by atoms with E-state index in [0.29, 0.717) is 26.9 Å². The van der Waals surface area contributed by atoms with Gasteiger partial charge in [0.15, 0.2) is 0 Å². The number of hydrogen-bond acceptors (Lipinski definition) is 7. The molecule has 1 heterocycles. The fourth-order valence-corrected chi connectivity index (χ4v) is 3.68. The van der Waals surface area contributed by atoms with Crippen molar-refractivity contribution in [2.45, 2.75) is 0 Å². The topological polar surface area (TPSA) is 88.4 Å². The number of aliphatic hydroxyl groups is 1. The van der Waals surface area contributed by atoms with Gasteiger partial charge >= 0.3 is 5.97 Å². The minimum atomic E-state index is -0.715. The van der Waals surface area contributed by atoms with Crippen LogP contribution in [0.1, 0.15) is 5.56 Å². The van der Waals surface area contributed by atoms with Gasteiger partial charge in [0.1, 0.15) is 27.9 Å². The molecule has 0 spiro atoms. The van der Waals surface area contributed by atoms with Gasteiger partial charge < -0.3 is 19.7 Å². The van der Waals surface area contributed by atoms with E-state index in [2.05, 4.69) is 4.99 Å². The van der Waals surface area contributed by atoms with Crippen molar-refractivity contribution in [3.05, 3.63) is 69.3 Å². The van der Waals surface area contributed by atoms with Crippen molar-refractivity contribution in [1.82, 2.24) is 0 Å². The first-order valence-corrected chi connectivity index (χ1v) is 9.25. The highest BCUT2D eigenvalue weighted by atomic mass is 35.5. The fourth-order valence-electron chi connectivity index (χ4n) is 2.47. The number of carbonyl (C=O) groups excluding carboxylic acids is 1. The van der Waals surface area contributed by atoms with Crippen molar-refractivity contribution in [2.24, 2.45) is 4.99 Å². The molecule has 28 heavy (non-hydrogen) atoms. The van der Waals surface area contributed by atoms with E-state index in [1.807, 2.05) is 0 Å². The van der Waals surface area contributed by atoms with Crippen LogP contribution in [0.5, 0.6) is 11.5 Å². The molecule has 0 saturated carbocycles. The van der Waals surface area contributed by atoms with E-state index in [-0.39, 0.29) is 22.1 Å². The van der Waals surface area contributed by atoms with Crippen LogP contribution in [0.25, 0.3) is 6.08 Å². The molecule has 2 aromatic carbocycles. The van der Waals surface area contributed by atoms with Gasteiger partial charge in [-0.2, -0.15) is 0 Å². The number of ether oxygens (including phenoxy) is 2. The lowest BCUT2D eigenvalue weighted by Gasteiger charge is -2.04. The van der Waals surface area contributed by atoms with E-state index in [1.54, 1.807) is 42.5 Å². The number of aliphatic imine (C=N–C) groups is 1. The predicted octanol–water partition coefficient (Wildman–Crippen LogP) is 4.86. The number of halogens is 1. The predicted molar refractivity (Wildman–Crippen MR) is 110 cm³/mol. The lowest BCUT2D eigenvalue weighted by molar-refractivity contribution is -0.135. The molecule has 1 aliphatic rings. The lowest BCUT2D eigenvalue weighted by Crippen LogP contribution is -2.10. The molecule has 0 aromatic heterocycles. The SMILES string of the molecule is COC(=O)C1=C(O)/C(=C\c2ccc(OC)cc2O)SC1=Nc1cccc(Cl)c1. The van der Waals surface area contributed by atoms with Gasteiger partial charge in [0.2, 0.25) is 0 Å². The Balaban J connectivity index is 2.05. The average molecular weight is 418 g/mol. The molecule has 0 atom stereocenters. The van der Waals surface area contributed by atoms with Crippen LogP contribution in [0.4, 0.5) is 5.69 Å². The summed E-state index contributed by atoms with van der Waals surface area (Å²) in [5, 5.41) is 21.5. The van der Waals surface area contributed by atoms with Crippen LogP contribution in [-0.2, 0) is 9.53 Å². The molecular formula is C20H16ClNO5S. The highest BCUT2D eigenvalue weighted by Crippen LogP contribution is 2.41. The van der Waals surface area contributed by atoms with Gasteiger partial charge in [-0.3, -0.25) is 0 Å². The number of methoxy groups -OCH3 is 2. The van der Waals surface area contributed by atoms with Gasteiger partial charge in [-0.15, -0.1) is 0 Å².